The molecule has 1 aromatic heterocycles. The molecule has 0 saturated carbocycles. The first kappa shape index (κ1) is 20.6. The second kappa shape index (κ2) is 8.08. The zero-order chi connectivity index (χ0) is 20.5. The normalized spacial score (nSPS) is 13.0. The molecular weight excluding hydrogens is 427 g/mol. The third-order valence-corrected chi connectivity index (χ3v) is 6.26. The molecule has 1 heterocycles. The van der Waals surface area contributed by atoms with Crippen molar-refractivity contribution in [3.8, 4) is 0 Å². The Bertz CT molecular complexity index is 1130. The van der Waals surface area contributed by atoms with Crippen LogP contribution in [0, 0.1) is 11.7 Å². The van der Waals surface area contributed by atoms with E-state index in [0.29, 0.717) is 5.52 Å². The molecule has 28 heavy (non-hydrogen) atoms. The molecule has 0 aliphatic heterocycles. The number of fused-ring (bicyclic) bond motifs is 1. The van der Waals surface area contributed by atoms with Crippen molar-refractivity contribution in [2.75, 3.05) is 5.32 Å². The lowest BCUT2D eigenvalue weighted by Crippen LogP contribution is -2.47. The quantitative estimate of drug-likeness (QED) is 0.609. The highest BCUT2D eigenvalue weighted by Crippen LogP contribution is 2.23. The number of halogens is 2. The number of nitrogens with zero attached hydrogens (tertiary/aromatic N) is 2. The van der Waals surface area contributed by atoms with Crippen LogP contribution in [-0.2, 0) is 14.8 Å². The van der Waals surface area contributed by atoms with E-state index in [9.17, 15) is 17.6 Å². The molecule has 0 bridgehead atoms. The first-order chi connectivity index (χ1) is 13.2. The highest BCUT2D eigenvalue weighted by Gasteiger charge is 2.30. The molecule has 3 rings (SSSR count). The fourth-order valence-electron chi connectivity index (χ4n) is 2.52. The molecule has 1 amide bonds. The lowest BCUT2D eigenvalue weighted by atomic mass is 10.0. The summed E-state index contributed by atoms with van der Waals surface area (Å²) in [5.41, 5.74) is 0.958. The SMILES string of the molecule is CC(C)C(NS(=O)(=O)c1cccc2nsnc12)C(=O)Nc1ccc(F)c(Cl)c1. The van der Waals surface area contributed by atoms with E-state index in [1.54, 1.807) is 26.0 Å². The summed E-state index contributed by atoms with van der Waals surface area (Å²) in [5, 5.41) is 2.40. The van der Waals surface area contributed by atoms with Crippen LogP contribution in [0.4, 0.5) is 10.1 Å². The summed E-state index contributed by atoms with van der Waals surface area (Å²) >= 11 is 6.63. The number of benzene rings is 2. The second-order valence-corrected chi connectivity index (χ2v) is 8.97. The molecule has 2 N–H and O–H groups in total. The van der Waals surface area contributed by atoms with Gasteiger partial charge in [-0.3, -0.25) is 4.79 Å². The van der Waals surface area contributed by atoms with Gasteiger partial charge in [0.1, 0.15) is 27.8 Å². The van der Waals surface area contributed by atoms with Gasteiger partial charge in [0.05, 0.1) is 16.8 Å². The Morgan fingerprint density at radius 1 is 1.21 bits per heavy atom. The van der Waals surface area contributed by atoms with Crippen molar-refractivity contribution >= 4 is 56.0 Å². The average Bonchev–Trinajstić information content (AvgIpc) is 3.11. The highest BCUT2D eigenvalue weighted by molar-refractivity contribution is 7.89. The fourth-order valence-corrected chi connectivity index (χ4v) is 4.81. The van der Waals surface area contributed by atoms with Crippen molar-refractivity contribution in [3.63, 3.8) is 0 Å². The van der Waals surface area contributed by atoms with Crippen molar-refractivity contribution in [1.82, 2.24) is 13.5 Å². The van der Waals surface area contributed by atoms with Gasteiger partial charge in [0.15, 0.2) is 0 Å². The molecule has 0 spiro atoms. The van der Waals surface area contributed by atoms with Crippen LogP contribution in [0.2, 0.25) is 5.02 Å². The Labute approximate surface area is 170 Å². The average molecular weight is 443 g/mol. The molecule has 3 aromatic rings. The van der Waals surface area contributed by atoms with Crippen LogP contribution in [0.5, 0.6) is 0 Å². The van der Waals surface area contributed by atoms with Crippen LogP contribution in [0.15, 0.2) is 41.3 Å². The minimum absolute atomic E-state index is 0.0537. The van der Waals surface area contributed by atoms with Gasteiger partial charge in [-0.1, -0.05) is 31.5 Å². The number of carbonyl (C=O) groups excluding carboxylic acids is 1. The summed E-state index contributed by atoms with van der Waals surface area (Å²) in [7, 11) is -4.05. The molecule has 148 valence electrons. The Hall–Kier alpha value is -2.14. The largest absolute Gasteiger partial charge is 0.325 e. The summed E-state index contributed by atoms with van der Waals surface area (Å²) in [6, 6.07) is 7.25. The summed E-state index contributed by atoms with van der Waals surface area (Å²) in [4.78, 5) is 12.6. The van der Waals surface area contributed by atoms with Gasteiger partial charge in [-0.05, 0) is 36.2 Å². The van der Waals surface area contributed by atoms with E-state index in [1.165, 1.54) is 18.2 Å². The number of rotatable bonds is 6. The first-order valence-corrected chi connectivity index (χ1v) is 10.8. The van der Waals surface area contributed by atoms with Crippen LogP contribution in [-0.4, -0.2) is 29.1 Å². The molecule has 0 fully saturated rings. The van der Waals surface area contributed by atoms with Gasteiger partial charge >= 0.3 is 0 Å². The van der Waals surface area contributed by atoms with Crippen molar-refractivity contribution in [2.24, 2.45) is 5.92 Å². The molecule has 11 heteroatoms. The van der Waals surface area contributed by atoms with Gasteiger partial charge in [-0.15, -0.1) is 0 Å². The van der Waals surface area contributed by atoms with Crippen LogP contribution in [0.1, 0.15) is 13.8 Å². The van der Waals surface area contributed by atoms with Crippen molar-refractivity contribution in [2.45, 2.75) is 24.8 Å². The second-order valence-electron chi connectivity index (χ2n) is 6.35. The van der Waals surface area contributed by atoms with E-state index in [-0.39, 0.29) is 27.0 Å². The number of aromatic nitrogens is 2. The summed E-state index contributed by atoms with van der Waals surface area (Å²) in [6.07, 6.45) is 0. The fraction of sp³-hybridized carbons (Fsp3) is 0.235. The van der Waals surface area contributed by atoms with Gasteiger partial charge in [0.2, 0.25) is 15.9 Å². The molecule has 2 aromatic carbocycles. The van der Waals surface area contributed by atoms with E-state index < -0.39 is 27.8 Å². The predicted molar refractivity (Wildman–Crippen MR) is 106 cm³/mol. The molecule has 1 atom stereocenters. The monoisotopic (exact) mass is 442 g/mol. The minimum atomic E-state index is -4.05. The lowest BCUT2D eigenvalue weighted by Gasteiger charge is -2.21. The van der Waals surface area contributed by atoms with Crippen LogP contribution >= 0.6 is 23.3 Å². The lowest BCUT2D eigenvalue weighted by molar-refractivity contribution is -0.118. The predicted octanol–water partition coefficient (Wildman–Crippen LogP) is 3.43. The van der Waals surface area contributed by atoms with Crippen molar-refractivity contribution < 1.29 is 17.6 Å². The van der Waals surface area contributed by atoms with Crippen LogP contribution in [0.25, 0.3) is 11.0 Å². The summed E-state index contributed by atoms with van der Waals surface area (Å²) in [5.74, 6) is -1.57. The molecule has 0 radical (unpaired) electrons. The smallest absolute Gasteiger partial charge is 0.243 e. The molecule has 1 unspecified atom stereocenters. The van der Waals surface area contributed by atoms with Gasteiger partial charge in [0.25, 0.3) is 0 Å². The molecule has 0 aliphatic rings. The molecule has 0 saturated heterocycles. The Kier molecular flexibility index (Phi) is 5.94. The highest BCUT2D eigenvalue weighted by atomic mass is 35.5. The standard InChI is InChI=1S/C17H16ClFN4O3S2/c1-9(2)15(17(24)20-10-6-7-12(19)11(18)8-10)23-28(25,26)14-5-3-4-13-16(14)22-27-21-13/h3-9,15,23H,1-2H3,(H,20,24). The molecule has 7 nitrogen and oxygen atoms in total. The maximum Gasteiger partial charge on any atom is 0.243 e. The van der Waals surface area contributed by atoms with Gasteiger partial charge < -0.3 is 5.32 Å². The van der Waals surface area contributed by atoms with Gasteiger partial charge in [-0.25, -0.2) is 12.8 Å². The summed E-state index contributed by atoms with van der Waals surface area (Å²) in [6.45, 7) is 3.41. The third-order valence-electron chi connectivity index (χ3n) is 3.96. The maximum absolute atomic E-state index is 13.3. The number of hydrogen-bond acceptors (Lipinski definition) is 6. The molecular formula is C17H16ClFN4O3S2. The van der Waals surface area contributed by atoms with Crippen LogP contribution < -0.4 is 10.0 Å². The summed E-state index contributed by atoms with van der Waals surface area (Å²) < 4.78 is 49.6. The van der Waals surface area contributed by atoms with E-state index in [0.717, 1.165) is 17.8 Å². The van der Waals surface area contributed by atoms with E-state index in [4.69, 9.17) is 11.6 Å². The Morgan fingerprint density at radius 3 is 2.64 bits per heavy atom. The van der Waals surface area contributed by atoms with Crippen molar-refractivity contribution in [1.29, 1.82) is 0 Å². The van der Waals surface area contributed by atoms with Gasteiger partial charge in [-0.2, -0.15) is 13.5 Å². The number of carbonyl (C=O) groups is 1. The Balaban J connectivity index is 1.86. The van der Waals surface area contributed by atoms with E-state index >= 15 is 0 Å². The van der Waals surface area contributed by atoms with Crippen molar-refractivity contribution in [3.05, 3.63) is 47.2 Å². The van der Waals surface area contributed by atoms with E-state index in [2.05, 4.69) is 18.8 Å². The number of sulfonamides is 1. The zero-order valence-electron chi connectivity index (χ0n) is 14.8. The number of hydrogen-bond donors (Lipinski definition) is 2. The molecule has 0 aliphatic carbocycles. The number of anilines is 1. The topological polar surface area (TPSA) is 101 Å². The maximum atomic E-state index is 13.3. The Morgan fingerprint density at radius 2 is 1.96 bits per heavy atom. The number of nitrogens with one attached hydrogen (secondary N) is 2. The first-order valence-electron chi connectivity index (χ1n) is 8.18. The number of amides is 1. The van der Waals surface area contributed by atoms with Gasteiger partial charge in [0, 0.05) is 5.69 Å². The van der Waals surface area contributed by atoms with Crippen LogP contribution in [0.3, 0.4) is 0 Å². The zero-order valence-corrected chi connectivity index (χ0v) is 17.2. The third kappa shape index (κ3) is 4.30. The van der Waals surface area contributed by atoms with E-state index in [1.807, 2.05) is 0 Å². The minimum Gasteiger partial charge on any atom is -0.325 e.